The van der Waals surface area contributed by atoms with Crippen molar-refractivity contribution in [1.82, 2.24) is 34.8 Å². The monoisotopic (exact) mass is 588 g/mol. The third-order valence-corrected chi connectivity index (χ3v) is 8.49. The van der Waals surface area contributed by atoms with Crippen molar-refractivity contribution in [3.63, 3.8) is 0 Å². The Hall–Kier alpha value is -5.01. The van der Waals surface area contributed by atoms with E-state index in [0.29, 0.717) is 23.5 Å². The molecule has 3 aromatic heterocycles. The molecular formula is C29H26F2N8O4. The summed E-state index contributed by atoms with van der Waals surface area (Å²) in [5.74, 6) is -1.96. The quantitative estimate of drug-likeness (QED) is 0.313. The Morgan fingerprint density at radius 2 is 1.84 bits per heavy atom. The number of imide groups is 2. The lowest BCUT2D eigenvalue weighted by molar-refractivity contribution is -0.136. The number of nitrogens with one attached hydrogen (secondary N) is 2. The fourth-order valence-corrected chi connectivity index (χ4v) is 6.07. The summed E-state index contributed by atoms with van der Waals surface area (Å²) in [5.41, 5.74) is 2.25. The van der Waals surface area contributed by atoms with Crippen LogP contribution in [-0.4, -0.2) is 65.7 Å². The second-order valence-corrected chi connectivity index (χ2v) is 11.2. The Labute approximate surface area is 243 Å². The van der Waals surface area contributed by atoms with Gasteiger partial charge in [0.1, 0.15) is 11.7 Å². The number of anilines is 1. The molecule has 5 heterocycles. The number of piperidine rings is 1. The Balaban J connectivity index is 1.00. The lowest BCUT2D eigenvalue weighted by Gasteiger charge is -2.35. The summed E-state index contributed by atoms with van der Waals surface area (Å²) in [5, 5.41) is 14.7. The van der Waals surface area contributed by atoms with E-state index in [4.69, 9.17) is 0 Å². The minimum absolute atomic E-state index is 0.0419. The van der Waals surface area contributed by atoms with Gasteiger partial charge in [0.15, 0.2) is 0 Å². The van der Waals surface area contributed by atoms with E-state index in [2.05, 4.69) is 25.8 Å². The van der Waals surface area contributed by atoms with E-state index in [1.165, 1.54) is 0 Å². The van der Waals surface area contributed by atoms with E-state index in [-0.39, 0.29) is 41.6 Å². The van der Waals surface area contributed by atoms with Gasteiger partial charge >= 0.3 is 0 Å². The van der Waals surface area contributed by atoms with Crippen LogP contribution in [0.5, 0.6) is 0 Å². The van der Waals surface area contributed by atoms with Crippen LogP contribution in [0.4, 0.5) is 14.5 Å². The summed E-state index contributed by atoms with van der Waals surface area (Å²) in [6.45, 7) is 0.572. The molecule has 1 unspecified atom stereocenters. The van der Waals surface area contributed by atoms with Crippen molar-refractivity contribution in [1.29, 1.82) is 0 Å². The van der Waals surface area contributed by atoms with Gasteiger partial charge in [-0.1, -0.05) is 0 Å². The second kappa shape index (κ2) is 10.1. The van der Waals surface area contributed by atoms with E-state index >= 15 is 0 Å². The minimum atomic E-state index is -2.75. The molecule has 12 nitrogen and oxygen atoms in total. The Morgan fingerprint density at radius 3 is 2.60 bits per heavy atom. The van der Waals surface area contributed by atoms with Gasteiger partial charge in [0, 0.05) is 49.0 Å². The summed E-state index contributed by atoms with van der Waals surface area (Å²) >= 11 is 0. The van der Waals surface area contributed by atoms with Crippen molar-refractivity contribution >= 4 is 40.2 Å². The van der Waals surface area contributed by atoms with E-state index in [9.17, 15) is 28.0 Å². The molecule has 4 amide bonds. The van der Waals surface area contributed by atoms with E-state index in [0.717, 1.165) is 28.6 Å². The van der Waals surface area contributed by atoms with Crippen LogP contribution >= 0.6 is 0 Å². The molecule has 2 fully saturated rings. The highest BCUT2D eigenvalue weighted by Crippen LogP contribution is 2.40. The number of benzene rings is 1. The normalized spacial score (nSPS) is 21.9. The molecule has 0 bridgehead atoms. The Morgan fingerprint density at radius 1 is 1.05 bits per heavy atom. The molecular weight excluding hydrogens is 562 g/mol. The highest BCUT2D eigenvalue weighted by molar-refractivity contribution is 6.23. The Kier molecular flexibility index (Phi) is 6.29. The summed E-state index contributed by atoms with van der Waals surface area (Å²) in [6.07, 6.45) is 3.76. The van der Waals surface area contributed by atoms with Crippen LogP contribution in [0.2, 0.25) is 0 Å². The number of hydrogen-bond donors (Lipinski definition) is 2. The number of fused-ring (bicyclic) bond motifs is 2. The molecule has 1 atom stereocenters. The van der Waals surface area contributed by atoms with Crippen LogP contribution in [0.15, 0.2) is 42.9 Å². The van der Waals surface area contributed by atoms with Gasteiger partial charge < -0.3 is 5.32 Å². The summed E-state index contributed by atoms with van der Waals surface area (Å²) in [6, 6.07) is 5.53. The molecule has 1 saturated heterocycles. The molecule has 2 aliphatic heterocycles. The number of aromatic nitrogens is 5. The van der Waals surface area contributed by atoms with Crippen molar-refractivity contribution in [2.45, 2.75) is 44.2 Å². The number of alkyl halides is 2. The maximum atomic E-state index is 13.9. The van der Waals surface area contributed by atoms with Crippen LogP contribution in [0.3, 0.4) is 0 Å². The van der Waals surface area contributed by atoms with E-state index in [1.54, 1.807) is 59.3 Å². The molecule has 220 valence electrons. The van der Waals surface area contributed by atoms with Crippen LogP contribution in [0, 0.1) is 5.92 Å². The van der Waals surface area contributed by atoms with Gasteiger partial charge in [-0.3, -0.25) is 43.7 Å². The molecule has 0 radical (unpaired) electrons. The zero-order valence-corrected chi connectivity index (χ0v) is 23.0. The summed E-state index contributed by atoms with van der Waals surface area (Å²) in [7, 11) is 1.78. The summed E-state index contributed by atoms with van der Waals surface area (Å²) in [4.78, 5) is 55.1. The van der Waals surface area contributed by atoms with Crippen LogP contribution in [0.1, 0.15) is 64.6 Å². The number of amides is 4. The average molecular weight is 589 g/mol. The van der Waals surface area contributed by atoms with Gasteiger partial charge in [-0.25, -0.2) is 8.78 Å². The van der Waals surface area contributed by atoms with Crippen LogP contribution in [0.25, 0.3) is 22.2 Å². The third-order valence-electron chi connectivity index (χ3n) is 8.49. The number of aryl methyl sites for hydroxylation is 1. The van der Waals surface area contributed by atoms with E-state index in [1.807, 2.05) is 0 Å². The highest BCUT2D eigenvalue weighted by Gasteiger charge is 2.44. The summed E-state index contributed by atoms with van der Waals surface area (Å²) < 4.78 is 31.1. The van der Waals surface area contributed by atoms with Crippen molar-refractivity contribution < 1.29 is 28.0 Å². The number of rotatable bonds is 7. The number of pyridine rings is 1. The largest absolute Gasteiger partial charge is 0.385 e. The molecule has 1 aliphatic carbocycles. The highest BCUT2D eigenvalue weighted by atomic mass is 19.3. The second-order valence-electron chi connectivity index (χ2n) is 11.2. The van der Waals surface area contributed by atoms with Crippen molar-refractivity contribution in [2.24, 2.45) is 13.0 Å². The van der Waals surface area contributed by atoms with Crippen molar-refractivity contribution in [3.8, 4) is 11.3 Å². The van der Waals surface area contributed by atoms with Crippen LogP contribution in [-0.2, 0) is 16.6 Å². The predicted octanol–water partition coefficient (Wildman–Crippen LogP) is 3.23. The molecule has 2 N–H and O–H groups in total. The standard InChI is InChI=1S/C29H26F2N8O4/c1-37-23-9-21(33-11-15(23)12-34-37)20-13-38(36-25(20)26(30)31)17-6-14(7-17)10-32-16-2-3-18-19(8-16)29(43)39(28(18)42)22-4-5-24(40)35-27(22)41/h2-3,8-9,11-14,17,22,26,32H,4-7,10H2,1H3,(H,35,40,41). The van der Waals surface area contributed by atoms with Gasteiger partial charge in [0.25, 0.3) is 18.2 Å². The zero-order chi connectivity index (χ0) is 30.0. The first kappa shape index (κ1) is 26.9. The zero-order valence-electron chi connectivity index (χ0n) is 23.0. The molecule has 43 heavy (non-hydrogen) atoms. The first-order chi connectivity index (χ1) is 20.7. The first-order valence-electron chi connectivity index (χ1n) is 13.9. The SMILES string of the molecule is Cn1ncc2cnc(-c3cn(C4CC(CNc5ccc6c(c5)C(=O)N(C5CCC(=O)NC5=O)C6=O)C4)nc3C(F)F)cc21. The Bertz CT molecular complexity index is 1830. The first-order valence-corrected chi connectivity index (χ1v) is 13.9. The minimum Gasteiger partial charge on any atom is -0.385 e. The van der Waals surface area contributed by atoms with Gasteiger partial charge in [-0.05, 0) is 49.4 Å². The third kappa shape index (κ3) is 4.53. The topological polar surface area (TPSA) is 144 Å². The lowest BCUT2D eigenvalue weighted by Crippen LogP contribution is -2.54. The number of carbonyl (C=O) groups excluding carboxylic acids is 4. The van der Waals surface area contributed by atoms with Gasteiger partial charge in [-0.15, -0.1) is 0 Å². The number of nitrogens with zero attached hydrogens (tertiary/aromatic N) is 6. The van der Waals surface area contributed by atoms with E-state index < -0.39 is 36.1 Å². The average Bonchev–Trinajstić information content (AvgIpc) is 3.63. The van der Waals surface area contributed by atoms with Gasteiger partial charge in [0.2, 0.25) is 11.8 Å². The smallest absolute Gasteiger partial charge is 0.282 e. The fourth-order valence-electron chi connectivity index (χ4n) is 6.07. The molecule has 0 spiro atoms. The van der Waals surface area contributed by atoms with Gasteiger partial charge in [0.05, 0.1) is 34.6 Å². The molecule has 14 heteroatoms. The molecule has 1 saturated carbocycles. The molecule has 7 rings (SSSR count). The maximum absolute atomic E-state index is 13.9. The van der Waals surface area contributed by atoms with Crippen molar-refractivity contribution in [3.05, 3.63) is 59.7 Å². The lowest BCUT2D eigenvalue weighted by atomic mass is 9.80. The number of halogens is 2. The number of carbonyl (C=O) groups is 4. The van der Waals surface area contributed by atoms with Crippen LogP contribution < -0.4 is 10.6 Å². The molecule has 4 aromatic rings. The molecule has 3 aliphatic rings. The molecule has 1 aromatic carbocycles. The number of hydrogen-bond acceptors (Lipinski definition) is 8. The van der Waals surface area contributed by atoms with Gasteiger partial charge in [-0.2, -0.15) is 10.2 Å². The fraction of sp³-hybridized carbons (Fsp3) is 0.345. The van der Waals surface area contributed by atoms with Crippen molar-refractivity contribution in [2.75, 3.05) is 11.9 Å². The predicted molar refractivity (Wildman–Crippen MR) is 148 cm³/mol. The maximum Gasteiger partial charge on any atom is 0.282 e.